The lowest BCUT2D eigenvalue weighted by molar-refractivity contribution is -0.274. The third-order valence-electron chi connectivity index (χ3n) is 3.87. The van der Waals surface area contributed by atoms with Crippen molar-refractivity contribution in [1.82, 2.24) is 5.32 Å². The topological polar surface area (TPSA) is 88.7 Å². The number of ether oxygens (including phenoxy) is 1. The van der Waals surface area contributed by atoms with E-state index in [2.05, 4.69) is 20.4 Å². The quantitative estimate of drug-likeness (QED) is 0.251. The summed E-state index contributed by atoms with van der Waals surface area (Å²) in [6.07, 6.45) is -4.27. The molecule has 0 atom stereocenters. The minimum absolute atomic E-state index is 0. The van der Waals surface area contributed by atoms with Crippen molar-refractivity contribution in [2.24, 2.45) is 16.6 Å². The first-order valence-corrected chi connectivity index (χ1v) is 9.38. The number of hydrogen-bond acceptors (Lipinski definition) is 3. The number of amides is 1. The number of alkyl halides is 3. The standard InChI is InChI=1S/C21H25F3N4O2.HI/c1-14(2)10-19(29)28-17-5-3-4-16(11-17)13-27-20(25)26-12-15-6-8-18(9-7-15)30-21(22,23)24;/h3-9,11,14H,10,12-13H2,1-2H3,(H,28,29)(H3,25,26,27);1H. The molecular weight excluding hydrogens is 524 g/mol. The van der Waals surface area contributed by atoms with Gasteiger partial charge in [0.2, 0.25) is 5.91 Å². The van der Waals surface area contributed by atoms with E-state index in [1.165, 1.54) is 24.3 Å². The highest BCUT2D eigenvalue weighted by Gasteiger charge is 2.30. The van der Waals surface area contributed by atoms with Gasteiger partial charge in [0.05, 0.1) is 6.54 Å². The first-order valence-electron chi connectivity index (χ1n) is 9.38. The number of nitrogens with zero attached hydrogens (tertiary/aromatic N) is 1. The average molecular weight is 550 g/mol. The van der Waals surface area contributed by atoms with Gasteiger partial charge in [-0.05, 0) is 41.3 Å². The Labute approximate surface area is 196 Å². The van der Waals surface area contributed by atoms with Gasteiger partial charge in [-0.25, -0.2) is 4.99 Å². The summed E-state index contributed by atoms with van der Waals surface area (Å²) in [6.45, 7) is 4.56. The number of guanidine groups is 1. The number of rotatable bonds is 8. The molecule has 2 aromatic rings. The van der Waals surface area contributed by atoms with Crippen LogP contribution in [0.5, 0.6) is 5.75 Å². The molecule has 31 heavy (non-hydrogen) atoms. The number of carbonyl (C=O) groups is 1. The van der Waals surface area contributed by atoms with Gasteiger partial charge in [0.15, 0.2) is 5.96 Å². The third-order valence-corrected chi connectivity index (χ3v) is 3.87. The molecule has 0 fully saturated rings. The highest BCUT2D eigenvalue weighted by atomic mass is 127. The van der Waals surface area contributed by atoms with Crippen LogP contribution in [0.25, 0.3) is 0 Å². The molecule has 2 rings (SSSR count). The first-order chi connectivity index (χ1) is 14.1. The molecule has 0 radical (unpaired) electrons. The van der Waals surface area contributed by atoms with Crippen LogP contribution < -0.4 is 21.1 Å². The SMILES string of the molecule is CC(C)CC(=O)Nc1cccc(CN=C(N)NCc2ccc(OC(F)(F)F)cc2)c1.I. The lowest BCUT2D eigenvalue weighted by Crippen LogP contribution is -2.31. The van der Waals surface area contributed by atoms with Crippen molar-refractivity contribution in [2.75, 3.05) is 5.32 Å². The van der Waals surface area contributed by atoms with E-state index in [0.29, 0.717) is 25.2 Å². The molecule has 0 spiro atoms. The zero-order chi connectivity index (χ0) is 22.1. The van der Waals surface area contributed by atoms with Gasteiger partial charge in [0, 0.05) is 18.7 Å². The summed E-state index contributed by atoms with van der Waals surface area (Å²) in [6, 6.07) is 12.8. The van der Waals surface area contributed by atoms with Crippen LogP contribution in [0.1, 0.15) is 31.4 Å². The van der Waals surface area contributed by atoms with Crippen LogP contribution in [0.4, 0.5) is 18.9 Å². The maximum absolute atomic E-state index is 12.2. The molecule has 0 bridgehead atoms. The second-order valence-corrected chi connectivity index (χ2v) is 7.09. The van der Waals surface area contributed by atoms with Crippen molar-refractivity contribution >= 4 is 41.5 Å². The van der Waals surface area contributed by atoms with Gasteiger partial charge in [0.25, 0.3) is 0 Å². The minimum Gasteiger partial charge on any atom is -0.406 e. The van der Waals surface area contributed by atoms with E-state index in [9.17, 15) is 18.0 Å². The van der Waals surface area contributed by atoms with E-state index >= 15 is 0 Å². The van der Waals surface area contributed by atoms with Crippen LogP contribution in [0.15, 0.2) is 53.5 Å². The molecule has 0 aliphatic rings. The Morgan fingerprint density at radius 1 is 1.13 bits per heavy atom. The van der Waals surface area contributed by atoms with Gasteiger partial charge in [-0.3, -0.25) is 4.79 Å². The van der Waals surface area contributed by atoms with Crippen LogP contribution >= 0.6 is 24.0 Å². The first kappa shape index (κ1) is 26.5. The van der Waals surface area contributed by atoms with E-state index < -0.39 is 6.36 Å². The number of nitrogens with two attached hydrogens (primary N) is 1. The second kappa shape index (κ2) is 12.4. The Morgan fingerprint density at radius 2 is 1.81 bits per heavy atom. The summed E-state index contributed by atoms with van der Waals surface area (Å²) in [7, 11) is 0. The molecule has 1 amide bonds. The molecule has 170 valence electrons. The summed E-state index contributed by atoms with van der Waals surface area (Å²) < 4.78 is 40.3. The van der Waals surface area contributed by atoms with Crippen molar-refractivity contribution in [2.45, 2.75) is 39.7 Å². The fourth-order valence-corrected chi connectivity index (χ4v) is 2.56. The van der Waals surface area contributed by atoms with Crippen LogP contribution in [0.2, 0.25) is 0 Å². The Morgan fingerprint density at radius 3 is 2.42 bits per heavy atom. The number of carbonyl (C=O) groups excluding carboxylic acids is 1. The molecule has 6 nitrogen and oxygen atoms in total. The van der Waals surface area contributed by atoms with Crippen molar-refractivity contribution < 1.29 is 22.7 Å². The highest BCUT2D eigenvalue weighted by Crippen LogP contribution is 2.22. The molecule has 10 heteroatoms. The van der Waals surface area contributed by atoms with Gasteiger partial charge >= 0.3 is 6.36 Å². The van der Waals surface area contributed by atoms with Gasteiger partial charge < -0.3 is 21.1 Å². The summed E-state index contributed by atoms with van der Waals surface area (Å²) in [5.41, 5.74) is 8.14. The van der Waals surface area contributed by atoms with Crippen molar-refractivity contribution in [3.05, 3.63) is 59.7 Å². The lowest BCUT2D eigenvalue weighted by Gasteiger charge is -2.10. The number of hydrogen-bond donors (Lipinski definition) is 3. The average Bonchev–Trinajstić information content (AvgIpc) is 2.64. The number of anilines is 1. The molecule has 0 aromatic heterocycles. The normalized spacial score (nSPS) is 11.6. The zero-order valence-corrected chi connectivity index (χ0v) is 19.5. The summed E-state index contributed by atoms with van der Waals surface area (Å²) in [5.74, 6) is 0.142. The van der Waals surface area contributed by atoms with Crippen molar-refractivity contribution in [3.63, 3.8) is 0 Å². The molecule has 0 aliphatic heterocycles. The van der Waals surface area contributed by atoms with Crippen LogP contribution in [0, 0.1) is 5.92 Å². The Hall–Kier alpha value is -2.50. The number of nitrogens with one attached hydrogen (secondary N) is 2. The van der Waals surface area contributed by atoms with Gasteiger partial charge in [-0.2, -0.15) is 0 Å². The van der Waals surface area contributed by atoms with Gasteiger partial charge in [-0.15, -0.1) is 37.1 Å². The smallest absolute Gasteiger partial charge is 0.406 e. The molecule has 0 saturated heterocycles. The molecule has 0 aliphatic carbocycles. The fraction of sp³-hybridized carbons (Fsp3) is 0.333. The minimum atomic E-state index is -4.72. The fourth-order valence-electron chi connectivity index (χ4n) is 2.56. The third kappa shape index (κ3) is 10.9. The Balaban J connectivity index is 0.00000480. The zero-order valence-electron chi connectivity index (χ0n) is 17.2. The molecule has 0 unspecified atom stereocenters. The largest absolute Gasteiger partial charge is 0.573 e. The van der Waals surface area contributed by atoms with Crippen molar-refractivity contribution in [1.29, 1.82) is 0 Å². The van der Waals surface area contributed by atoms with E-state index in [1.807, 2.05) is 32.0 Å². The predicted octanol–water partition coefficient (Wildman–Crippen LogP) is 4.79. The molecule has 0 heterocycles. The maximum atomic E-state index is 12.2. The van der Waals surface area contributed by atoms with Gasteiger partial charge in [0.1, 0.15) is 5.75 Å². The summed E-state index contributed by atoms with van der Waals surface area (Å²) in [4.78, 5) is 16.1. The second-order valence-electron chi connectivity index (χ2n) is 7.09. The maximum Gasteiger partial charge on any atom is 0.573 e. The van der Waals surface area contributed by atoms with Crippen LogP contribution in [-0.2, 0) is 17.9 Å². The van der Waals surface area contributed by atoms with E-state index in [-0.39, 0.29) is 47.5 Å². The lowest BCUT2D eigenvalue weighted by atomic mass is 10.1. The van der Waals surface area contributed by atoms with E-state index in [0.717, 1.165) is 11.1 Å². The Bertz CT molecular complexity index is 872. The highest BCUT2D eigenvalue weighted by molar-refractivity contribution is 14.0. The summed E-state index contributed by atoms with van der Waals surface area (Å²) >= 11 is 0. The Kier molecular flexibility index (Phi) is 10.6. The molecule has 0 saturated carbocycles. The summed E-state index contributed by atoms with van der Waals surface area (Å²) in [5, 5.41) is 5.75. The van der Waals surface area contributed by atoms with E-state index in [4.69, 9.17) is 5.73 Å². The monoisotopic (exact) mass is 550 g/mol. The molecular formula is C21H26F3IN4O2. The number of halogens is 4. The number of aliphatic imine (C=N–C) groups is 1. The molecule has 4 N–H and O–H groups in total. The van der Waals surface area contributed by atoms with E-state index in [1.54, 1.807) is 6.07 Å². The van der Waals surface area contributed by atoms with Crippen molar-refractivity contribution in [3.8, 4) is 5.75 Å². The number of benzene rings is 2. The van der Waals surface area contributed by atoms with Crippen LogP contribution in [-0.4, -0.2) is 18.2 Å². The molecule has 2 aromatic carbocycles. The van der Waals surface area contributed by atoms with Gasteiger partial charge in [-0.1, -0.05) is 38.1 Å². The van der Waals surface area contributed by atoms with Crippen LogP contribution in [0.3, 0.4) is 0 Å². The predicted molar refractivity (Wildman–Crippen MR) is 125 cm³/mol.